The van der Waals surface area contributed by atoms with Crippen molar-refractivity contribution in [1.29, 1.82) is 0 Å². The molecule has 0 radical (unpaired) electrons. The third-order valence-corrected chi connectivity index (χ3v) is 10.8. The van der Waals surface area contributed by atoms with E-state index >= 15 is 4.79 Å². The number of methoxy groups -OCH3 is 1. The van der Waals surface area contributed by atoms with Gasteiger partial charge in [0, 0.05) is 35.9 Å². The van der Waals surface area contributed by atoms with E-state index in [4.69, 9.17) is 9.84 Å². The van der Waals surface area contributed by atoms with Gasteiger partial charge in [-0.05, 0) is 54.5 Å². The minimum absolute atomic E-state index is 0.00850. The molecule has 6 atom stereocenters. The SMILES string of the molecule is COc1cccc(O)c1C1C2=CCC3C(=O)N(CCCC(=O)O)C(=O)C3C2CC2C(=O)C(c3ccccc3)=CC(=O)C21c1ccccc1. The molecule has 3 aromatic carbocycles. The fourth-order valence-corrected chi connectivity index (χ4v) is 8.86. The zero-order valence-electron chi connectivity index (χ0n) is 26.4. The Labute approximate surface area is 277 Å². The Bertz CT molecular complexity index is 1900. The standard InChI is InChI=1S/C39H35NO8/c1-48-30-15-8-14-29(41)34(30)35-24-17-18-25-33(38(47)40(37(25)46)19-9-16-32(43)44)27(24)20-28-36(45)26(22-10-4-2-5-11-22)21-31(42)39(28,35)23-12-6-3-7-13-23/h2-8,10-15,17,21,25,27-28,33,35,41H,9,16,18-20H2,1H3,(H,43,44). The number of nitrogens with zero attached hydrogens (tertiary/aromatic N) is 1. The van der Waals surface area contributed by atoms with E-state index in [0.717, 1.165) is 0 Å². The fraction of sp³-hybridized carbons (Fsp3) is 0.308. The molecule has 4 aliphatic rings. The van der Waals surface area contributed by atoms with Crippen LogP contribution in [0.25, 0.3) is 5.57 Å². The highest BCUT2D eigenvalue weighted by Crippen LogP contribution is 2.65. The summed E-state index contributed by atoms with van der Waals surface area (Å²) >= 11 is 0. The van der Waals surface area contributed by atoms with Crippen molar-refractivity contribution < 1.29 is 38.9 Å². The number of likely N-dealkylation sites (tertiary alicyclic amines) is 1. The number of imide groups is 1. The first-order valence-electron chi connectivity index (χ1n) is 16.2. The highest BCUT2D eigenvalue weighted by Gasteiger charge is 2.66. The van der Waals surface area contributed by atoms with Crippen molar-refractivity contribution in [2.45, 2.75) is 37.0 Å². The number of hydrogen-bond acceptors (Lipinski definition) is 7. The number of phenolic OH excluding ortho intramolecular Hbond substituents is 1. The van der Waals surface area contributed by atoms with Gasteiger partial charge >= 0.3 is 5.97 Å². The third-order valence-electron chi connectivity index (χ3n) is 10.8. The molecule has 3 aromatic rings. The number of aromatic hydroxyl groups is 1. The summed E-state index contributed by atoms with van der Waals surface area (Å²) in [6, 6.07) is 23.0. The molecule has 2 N–H and O–H groups in total. The van der Waals surface area contributed by atoms with Crippen molar-refractivity contribution in [3.05, 3.63) is 113 Å². The quantitative estimate of drug-likeness (QED) is 0.255. The summed E-state index contributed by atoms with van der Waals surface area (Å²) in [6.45, 7) is -0.00850. The van der Waals surface area contributed by atoms with Gasteiger partial charge in [0.15, 0.2) is 11.6 Å². The van der Waals surface area contributed by atoms with E-state index in [2.05, 4.69) is 0 Å². The molecule has 3 aliphatic carbocycles. The van der Waals surface area contributed by atoms with Gasteiger partial charge in [-0.1, -0.05) is 78.4 Å². The highest BCUT2D eigenvalue weighted by atomic mass is 16.5. The summed E-state index contributed by atoms with van der Waals surface area (Å²) in [4.78, 5) is 70.2. The van der Waals surface area contributed by atoms with Crippen LogP contribution in [0, 0.1) is 23.7 Å². The van der Waals surface area contributed by atoms with Crippen LogP contribution >= 0.6 is 0 Å². The van der Waals surface area contributed by atoms with E-state index in [1.54, 1.807) is 36.4 Å². The number of aliphatic carboxylic acids is 1. The molecule has 9 heteroatoms. The number of carbonyl (C=O) groups is 5. The van der Waals surface area contributed by atoms with Crippen molar-refractivity contribution in [3.63, 3.8) is 0 Å². The molecule has 9 nitrogen and oxygen atoms in total. The van der Waals surface area contributed by atoms with Crippen LogP contribution in [-0.4, -0.2) is 58.1 Å². The fourth-order valence-electron chi connectivity index (χ4n) is 8.86. The van der Waals surface area contributed by atoms with Crippen molar-refractivity contribution >= 4 is 34.9 Å². The molecule has 7 rings (SSSR count). The zero-order chi connectivity index (χ0) is 33.7. The second-order valence-corrected chi connectivity index (χ2v) is 13.0. The van der Waals surface area contributed by atoms with Crippen molar-refractivity contribution in [3.8, 4) is 11.5 Å². The molecule has 1 aliphatic heterocycles. The number of allylic oxidation sites excluding steroid dienone is 4. The molecule has 1 saturated heterocycles. The molecule has 0 aromatic heterocycles. The van der Waals surface area contributed by atoms with Crippen molar-refractivity contribution in [2.75, 3.05) is 13.7 Å². The van der Waals surface area contributed by atoms with Gasteiger partial charge < -0.3 is 14.9 Å². The summed E-state index contributed by atoms with van der Waals surface area (Å²) < 4.78 is 5.80. The lowest BCUT2D eigenvalue weighted by atomic mass is 9.44. The second kappa shape index (κ2) is 12.0. The first-order valence-corrected chi connectivity index (χ1v) is 16.2. The predicted octanol–water partition coefficient (Wildman–Crippen LogP) is 5.09. The van der Waals surface area contributed by atoms with E-state index in [1.807, 2.05) is 42.5 Å². The summed E-state index contributed by atoms with van der Waals surface area (Å²) in [7, 11) is 1.48. The number of phenols is 1. The lowest BCUT2D eigenvalue weighted by molar-refractivity contribution is -0.142. The molecule has 244 valence electrons. The van der Waals surface area contributed by atoms with Crippen LogP contribution in [0.2, 0.25) is 0 Å². The van der Waals surface area contributed by atoms with Crippen LogP contribution in [-0.2, 0) is 29.4 Å². The maximum atomic E-state index is 15.1. The van der Waals surface area contributed by atoms with E-state index < -0.39 is 46.9 Å². The highest BCUT2D eigenvalue weighted by molar-refractivity contribution is 6.31. The number of rotatable bonds is 8. The number of hydrogen-bond donors (Lipinski definition) is 2. The molecule has 0 bridgehead atoms. The Morgan fingerprint density at radius 2 is 1.62 bits per heavy atom. The number of ether oxygens (including phenoxy) is 1. The van der Waals surface area contributed by atoms with Crippen LogP contribution in [0.5, 0.6) is 11.5 Å². The minimum Gasteiger partial charge on any atom is -0.508 e. The summed E-state index contributed by atoms with van der Waals surface area (Å²) in [6.07, 6.45) is 3.66. The monoisotopic (exact) mass is 645 g/mol. The normalized spacial score (nSPS) is 27.9. The average molecular weight is 646 g/mol. The second-order valence-electron chi connectivity index (χ2n) is 13.0. The predicted molar refractivity (Wildman–Crippen MR) is 175 cm³/mol. The number of Topliss-reactive ketones (excluding diaryl/α,β-unsaturated/α-hetero) is 1. The lowest BCUT2D eigenvalue weighted by Crippen LogP contribution is -2.58. The summed E-state index contributed by atoms with van der Waals surface area (Å²) in [5, 5.41) is 20.7. The number of carboxylic acids is 1. The van der Waals surface area contributed by atoms with Crippen LogP contribution in [0.3, 0.4) is 0 Å². The van der Waals surface area contributed by atoms with Gasteiger partial charge in [-0.3, -0.25) is 28.9 Å². The maximum absolute atomic E-state index is 15.1. The Morgan fingerprint density at radius 3 is 2.31 bits per heavy atom. The van der Waals surface area contributed by atoms with Crippen molar-refractivity contribution in [1.82, 2.24) is 4.90 Å². The Morgan fingerprint density at radius 1 is 0.917 bits per heavy atom. The topological polar surface area (TPSA) is 138 Å². The van der Waals surface area contributed by atoms with Gasteiger partial charge in [-0.15, -0.1) is 0 Å². The minimum atomic E-state index is -1.50. The lowest BCUT2D eigenvalue weighted by Gasteiger charge is -2.55. The van der Waals surface area contributed by atoms with Gasteiger partial charge in [0.25, 0.3) is 0 Å². The van der Waals surface area contributed by atoms with E-state index in [-0.39, 0.29) is 61.0 Å². The molecule has 0 spiro atoms. The Hall–Kier alpha value is -5.31. The average Bonchev–Trinajstić information content (AvgIpc) is 3.34. The van der Waals surface area contributed by atoms with Crippen LogP contribution in [0.4, 0.5) is 0 Å². The number of benzene rings is 3. The number of carboxylic acid groups (broad SMARTS) is 1. The number of ketones is 2. The maximum Gasteiger partial charge on any atom is 0.303 e. The van der Waals surface area contributed by atoms with E-state index in [1.165, 1.54) is 24.2 Å². The summed E-state index contributed by atoms with van der Waals surface area (Å²) in [5.74, 6) is -6.02. The molecule has 6 unspecified atom stereocenters. The molecule has 1 heterocycles. The summed E-state index contributed by atoms with van der Waals surface area (Å²) in [5.41, 5.74) is 1.05. The van der Waals surface area contributed by atoms with Crippen molar-refractivity contribution in [2.24, 2.45) is 23.7 Å². The number of amides is 2. The molecular weight excluding hydrogens is 610 g/mol. The largest absolute Gasteiger partial charge is 0.508 e. The first kappa shape index (κ1) is 31.3. The molecule has 2 fully saturated rings. The van der Waals surface area contributed by atoms with E-state index in [9.17, 15) is 24.3 Å². The Balaban J connectivity index is 1.46. The van der Waals surface area contributed by atoms with Gasteiger partial charge in [-0.25, -0.2) is 0 Å². The van der Waals surface area contributed by atoms with Crippen LogP contribution in [0.15, 0.2) is 96.6 Å². The molecule has 48 heavy (non-hydrogen) atoms. The number of carbonyl (C=O) groups excluding carboxylic acids is 4. The van der Waals surface area contributed by atoms with E-state index in [0.29, 0.717) is 28.0 Å². The van der Waals surface area contributed by atoms with Crippen LogP contribution in [0.1, 0.15) is 48.3 Å². The molecular formula is C39H35NO8. The smallest absolute Gasteiger partial charge is 0.303 e. The van der Waals surface area contributed by atoms with Gasteiger partial charge in [-0.2, -0.15) is 0 Å². The number of fused-ring (bicyclic) bond motifs is 4. The first-order chi connectivity index (χ1) is 23.2. The third kappa shape index (κ3) is 4.63. The van der Waals surface area contributed by atoms with Gasteiger partial charge in [0.1, 0.15) is 11.5 Å². The molecule has 2 amide bonds. The van der Waals surface area contributed by atoms with Gasteiger partial charge in [0.05, 0.1) is 24.4 Å². The molecule has 1 saturated carbocycles. The Kier molecular flexibility index (Phi) is 7.86. The van der Waals surface area contributed by atoms with Crippen LogP contribution < -0.4 is 4.74 Å². The zero-order valence-corrected chi connectivity index (χ0v) is 26.4. The van der Waals surface area contributed by atoms with Gasteiger partial charge in [0.2, 0.25) is 11.8 Å².